The first-order chi connectivity index (χ1) is 24.2. The Morgan fingerprint density at radius 2 is 0.837 bits per heavy atom. The van der Waals surface area contributed by atoms with Crippen molar-refractivity contribution in [2.75, 3.05) is 0 Å². The molecule has 0 saturated heterocycles. The highest BCUT2D eigenvalue weighted by Crippen LogP contribution is 2.41. The van der Waals surface area contributed by atoms with Crippen LogP contribution in [0.25, 0.3) is 99.5 Å². The van der Waals surface area contributed by atoms with Crippen molar-refractivity contribution in [2.24, 2.45) is 0 Å². The van der Waals surface area contributed by atoms with E-state index in [1.54, 1.807) is 0 Å². The topological polar surface area (TPSA) is 51.8 Å². The van der Waals surface area contributed by atoms with E-state index in [0.29, 0.717) is 17.5 Å². The Balaban J connectivity index is 1.23. The lowest BCUT2D eigenvalue weighted by Gasteiger charge is -2.13. The number of rotatable bonds is 4. The smallest absolute Gasteiger partial charge is 0.164 e. The SMILES string of the molecule is c1ccc2cc(-c3nc(-c4ccc5ccccc5c4)nc(-c4cc(-c5cccc6oc7ccccc7c56)c5ccccc5c4)n3)ccc2c1. The fourth-order valence-electron chi connectivity index (χ4n) is 7.08. The van der Waals surface area contributed by atoms with Crippen molar-refractivity contribution in [1.29, 1.82) is 0 Å². The molecule has 10 rings (SSSR count). The zero-order chi connectivity index (χ0) is 32.3. The largest absolute Gasteiger partial charge is 0.456 e. The highest BCUT2D eigenvalue weighted by atomic mass is 16.3. The van der Waals surface area contributed by atoms with Crippen molar-refractivity contribution in [3.05, 3.63) is 164 Å². The third-order valence-electron chi connectivity index (χ3n) is 9.46. The third-order valence-corrected chi connectivity index (χ3v) is 9.46. The first-order valence-corrected chi connectivity index (χ1v) is 16.4. The maximum atomic E-state index is 6.30. The van der Waals surface area contributed by atoms with Crippen molar-refractivity contribution < 1.29 is 4.42 Å². The number of aromatic nitrogens is 3. The minimum absolute atomic E-state index is 0.623. The number of hydrogen-bond acceptors (Lipinski definition) is 4. The van der Waals surface area contributed by atoms with Crippen molar-refractivity contribution in [1.82, 2.24) is 15.0 Å². The van der Waals surface area contributed by atoms with Gasteiger partial charge in [-0.15, -0.1) is 0 Å². The Morgan fingerprint density at radius 1 is 0.327 bits per heavy atom. The Labute approximate surface area is 282 Å². The van der Waals surface area contributed by atoms with Gasteiger partial charge in [-0.05, 0) is 79.8 Å². The van der Waals surface area contributed by atoms with Gasteiger partial charge in [0.15, 0.2) is 17.5 Å². The molecule has 0 bridgehead atoms. The lowest BCUT2D eigenvalue weighted by molar-refractivity contribution is 0.669. The van der Waals surface area contributed by atoms with Gasteiger partial charge in [0.25, 0.3) is 0 Å². The fraction of sp³-hybridized carbons (Fsp3) is 0. The molecule has 0 aliphatic carbocycles. The fourth-order valence-corrected chi connectivity index (χ4v) is 7.08. The lowest BCUT2D eigenvalue weighted by Crippen LogP contribution is -2.00. The second kappa shape index (κ2) is 11.0. The van der Waals surface area contributed by atoms with Gasteiger partial charge in [0.2, 0.25) is 0 Å². The van der Waals surface area contributed by atoms with Crippen LogP contribution in [0.4, 0.5) is 0 Å². The summed E-state index contributed by atoms with van der Waals surface area (Å²) in [5, 5.41) is 9.10. The summed E-state index contributed by atoms with van der Waals surface area (Å²) in [6.07, 6.45) is 0. The Morgan fingerprint density at radius 3 is 1.51 bits per heavy atom. The second-order valence-corrected chi connectivity index (χ2v) is 12.5. The molecular formula is C45H27N3O. The molecule has 49 heavy (non-hydrogen) atoms. The number of benzene rings is 8. The molecule has 0 atom stereocenters. The second-order valence-electron chi connectivity index (χ2n) is 12.5. The standard InChI is InChI=1S/C45H27N3O/c1-3-12-30-24-33(22-20-28(30)10-1)43-46-44(34-23-21-29-11-2-4-13-31(29)25-34)48-45(47-43)35-26-32-14-5-6-15-36(32)39(27-35)37-17-9-19-41-42(37)38-16-7-8-18-40(38)49-41/h1-27H. The van der Waals surface area contributed by atoms with Gasteiger partial charge in [-0.3, -0.25) is 0 Å². The molecule has 0 amide bonds. The Hall–Kier alpha value is -6.65. The van der Waals surface area contributed by atoms with E-state index in [4.69, 9.17) is 19.4 Å². The molecule has 0 radical (unpaired) electrons. The highest BCUT2D eigenvalue weighted by Gasteiger charge is 2.18. The van der Waals surface area contributed by atoms with Gasteiger partial charge in [0.1, 0.15) is 11.2 Å². The molecule has 2 aromatic heterocycles. The summed E-state index contributed by atoms with van der Waals surface area (Å²) in [5.41, 5.74) is 6.77. The normalized spacial score (nSPS) is 11.7. The number of para-hydroxylation sites is 1. The van der Waals surface area contributed by atoms with E-state index in [1.165, 1.54) is 10.8 Å². The van der Waals surface area contributed by atoms with Crippen LogP contribution in [-0.4, -0.2) is 15.0 Å². The van der Waals surface area contributed by atoms with Crippen LogP contribution >= 0.6 is 0 Å². The van der Waals surface area contributed by atoms with Gasteiger partial charge in [0.05, 0.1) is 0 Å². The molecule has 4 nitrogen and oxygen atoms in total. The van der Waals surface area contributed by atoms with Crippen LogP contribution < -0.4 is 0 Å². The van der Waals surface area contributed by atoms with E-state index < -0.39 is 0 Å². The minimum Gasteiger partial charge on any atom is -0.456 e. The van der Waals surface area contributed by atoms with Crippen LogP contribution in [0.5, 0.6) is 0 Å². The summed E-state index contributed by atoms with van der Waals surface area (Å²) < 4.78 is 6.30. The zero-order valence-electron chi connectivity index (χ0n) is 26.3. The quantitative estimate of drug-likeness (QED) is 0.195. The number of nitrogens with zero attached hydrogens (tertiary/aromatic N) is 3. The predicted octanol–water partition coefficient (Wildman–Crippen LogP) is 11.9. The van der Waals surface area contributed by atoms with Crippen LogP contribution in [-0.2, 0) is 0 Å². The molecule has 0 saturated carbocycles. The summed E-state index contributed by atoms with van der Waals surface area (Å²) >= 11 is 0. The summed E-state index contributed by atoms with van der Waals surface area (Å²) in [6.45, 7) is 0. The summed E-state index contributed by atoms with van der Waals surface area (Å²) in [6, 6.07) is 57.0. The summed E-state index contributed by atoms with van der Waals surface area (Å²) in [4.78, 5) is 15.4. The average molecular weight is 626 g/mol. The Bertz CT molecular complexity index is 2810. The Kier molecular flexibility index (Phi) is 6.15. The van der Waals surface area contributed by atoms with E-state index in [-0.39, 0.29) is 0 Å². The van der Waals surface area contributed by atoms with E-state index >= 15 is 0 Å². The van der Waals surface area contributed by atoms with Crippen molar-refractivity contribution in [2.45, 2.75) is 0 Å². The van der Waals surface area contributed by atoms with Gasteiger partial charge in [-0.1, -0.05) is 127 Å². The highest BCUT2D eigenvalue weighted by molar-refractivity contribution is 6.15. The van der Waals surface area contributed by atoms with Gasteiger partial charge < -0.3 is 4.42 Å². The molecule has 0 aliphatic heterocycles. The molecule has 10 aromatic rings. The van der Waals surface area contributed by atoms with Crippen LogP contribution in [0.2, 0.25) is 0 Å². The molecule has 2 heterocycles. The number of fused-ring (bicyclic) bond motifs is 6. The maximum Gasteiger partial charge on any atom is 0.164 e. The molecular weight excluding hydrogens is 599 g/mol. The van der Waals surface area contributed by atoms with Crippen LogP contribution in [0.3, 0.4) is 0 Å². The van der Waals surface area contributed by atoms with Gasteiger partial charge in [-0.2, -0.15) is 0 Å². The van der Waals surface area contributed by atoms with E-state index in [2.05, 4.69) is 146 Å². The molecule has 228 valence electrons. The van der Waals surface area contributed by atoms with Crippen molar-refractivity contribution in [3.63, 3.8) is 0 Å². The third kappa shape index (κ3) is 4.65. The van der Waals surface area contributed by atoms with E-state index in [9.17, 15) is 0 Å². The molecule has 0 spiro atoms. The van der Waals surface area contributed by atoms with Crippen molar-refractivity contribution in [3.8, 4) is 45.3 Å². The van der Waals surface area contributed by atoms with Crippen LogP contribution in [0, 0.1) is 0 Å². The molecule has 0 fully saturated rings. The van der Waals surface area contributed by atoms with E-state index in [1.807, 2.05) is 18.2 Å². The molecule has 0 N–H and O–H groups in total. The minimum atomic E-state index is 0.623. The lowest BCUT2D eigenvalue weighted by atomic mass is 9.92. The first-order valence-electron chi connectivity index (χ1n) is 16.4. The van der Waals surface area contributed by atoms with E-state index in [0.717, 1.165) is 71.3 Å². The van der Waals surface area contributed by atoms with Crippen LogP contribution in [0.1, 0.15) is 0 Å². The zero-order valence-corrected chi connectivity index (χ0v) is 26.3. The van der Waals surface area contributed by atoms with Crippen molar-refractivity contribution >= 4 is 54.3 Å². The molecule has 8 aromatic carbocycles. The molecule has 4 heteroatoms. The molecule has 0 unspecified atom stereocenters. The predicted molar refractivity (Wildman–Crippen MR) is 201 cm³/mol. The number of hydrogen-bond donors (Lipinski definition) is 0. The van der Waals surface area contributed by atoms with Gasteiger partial charge in [0, 0.05) is 27.5 Å². The van der Waals surface area contributed by atoms with Gasteiger partial charge in [-0.25, -0.2) is 15.0 Å². The summed E-state index contributed by atoms with van der Waals surface area (Å²) in [7, 11) is 0. The van der Waals surface area contributed by atoms with Crippen LogP contribution in [0.15, 0.2) is 168 Å². The van der Waals surface area contributed by atoms with Gasteiger partial charge >= 0.3 is 0 Å². The number of furan rings is 1. The first kappa shape index (κ1) is 27.5. The maximum absolute atomic E-state index is 6.30. The monoisotopic (exact) mass is 625 g/mol. The summed E-state index contributed by atoms with van der Waals surface area (Å²) in [5.74, 6) is 1.89. The molecule has 0 aliphatic rings. The average Bonchev–Trinajstić information content (AvgIpc) is 3.56.